The Labute approximate surface area is 162 Å². The number of rotatable bonds is 12. The number of carbonyl (C=O) groups excluding carboxylic acids is 1. The lowest BCUT2D eigenvalue weighted by Crippen LogP contribution is -2.26. The molecular formula is C21H32N4O2. The van der Waals surface area contributed by atoms with Crippen molar-refractivity contribution in [2.75, 3.05) is 13.1 Å². The van der Waals surface area contributed by atoms with E-state index in [0.717, 1.165) is 55.9 Å². The molecule has 0 aliphatic carbocycles. The zero-order valence-corrected chi connectivity index (χ0v) is 16.5. The number of nitrogens with one attached hydrogen (secondary N) is 3. The Balaban J connectivity index is 1.74. The van der Waals surface area contributed by atoms with E-state index in [1.54, 1.807) is 0 Å². The predicted octanol–water partition coefficient (Wildman–Crippen LogP) is 4.11. The molecule has 0 radical (unpaired) electrons. The first kappa shape index (κ1) is 21.0. The van der Waals surface area contributed by atoms with Gasteiger partial charge in [-0.25, -0.2) is 9.78 Å². The Morgan fingerprint density at radius 3 is 2.70 bits per heavy atom. The van der Waals surface area contributed by atoms with E-state index in [4.69, 9.17) is 4.74 Å². The molecule has 27 heavy (non-hydrogen) atoms. The minimum atomic E-state index is -0.372. The van der Waals surface area contributed by atoms with Crippen LogP contribution in [0, 0.1) is 0 Å². The van der Waals surface area contributed by atoms with Gasteiger partial charge < -0.3 is 20.4 Å². The molecule has 2 rings (SSSR count). The summed E-state index contributed by atoms with van der Waals surface area (Å²) in [5.41, 5.74) is 2.13. The van der Waals surface area contributed by atoms with Crippen LogP contribution in [0.2, 0.25) is 0 Å². The molecule has 148 valence electrons. The van der Waals surface area contributed by atoms with E-state index in [2.05, 4.69) is 34.4 Å². The summed E-state index contributed by atoms with van der Waals surface area (Å²) < 4.78 is 5.26. The second kappa shape index (κ2) is 12.1. The number of imidazole rings is 1. The van der Waals surface area contributed by atoms with Gasteiger partial charge in [0.05, 0.1) is 6.54 Å². The topological polar surface area (TPSA) is 79.0 Å². The molecule has 6 nitrogen and oxygen atoms in total. The highest BCUT2D eigenvalue weighted by molar-refractivity contribution is 5.67. The monoisotopic (exact) mass is 372 g/mol. The average molecular weight is 373 g/mol. The average Bonchev–Trinajstić information content (AvgIpc) is 3.15. The highest BCUT2D eigenvalue weighted by Gasteiger charge is 2.14. The van der Waals surface area contributed by atoms with Crippen molar-refractivity contribution in [3.8, 4) is 0 Å². The van der Waals surface area contributed by atoms with E-state index >= 15 is 0 Å². The number of aromatic amines is 1. The van der Waals surface area contributed by atoms with Gasteiger partial charge in [0.25, 0.3) is 0 Å². The zero-order valence-electron chi connectivity index (χ0n) is 16.5. The van der Waals surface area contributed by atoms with Crippen molar-refractivity contribution >= 4 is 6.09 Å². The second-order valence-corrected chi connectivity index (χ2v) is 6.72. The van der Waals surface area contributed by atoms with E-state index in [9.17, 15) is 4.79 Å². The SMILES string of the molecule is CCCNCc1ncc(C(CCC)CCNC(=O)OCc2ccccc2)[nH]1. The molecule has 3 N–H and O–H groups in total. The molecule has 1 amide bonds. The normalized spacial score (nSPS) is 11.9. The maximum absolute atomic E-state index is 11.9. The van der Waals surface area contributed by atoms with Crippen molar-refractivity contribution in [1.29, 1.82) is 0 Å². The molecule has 0 fully saturated rings. The van der Waals surface area contributed by atoms with Crippen molar-refractivity contribution < 1.29 is 9.53 Å². The molecule has 0 bridgehead atoms. The highest BCUT2D eigenvalue weighted by Crippen LogP contribution is 2.23. The minimum Gasteiger partial charge on any atom is -0.445 e. The maximum Gasteiger partial charge on any atom is 0.407 e. The lowest BCUT2D eigenvalue weighted by Gasteiger charge is -2.15. The molecule has 2 aromatic rings. The van der Waals surface area contributed by atoms with Crippen LogP contribution < -0.4 is 10.6 Å². The van der Waals surface area contributed by atoms with Crippen LogP contribution in [0.1, 0.15) is 62.5 Å². The maximum atomic E-state index is 11.9. The standard InChI is InChI=1S/C21H32N4O2/c1-3-8-18(19-14-24-20(25-19)15-22-12-4-2)11-13-23-21(26)27-16-17-9-6-5-7-10-17/h5-7,9-10,14,18,22H,3-4,8,11-13,15-16H2,1-2H3,(H,23,26)(H,24,25). The van der Waals surface area contributed by atoms with Gasteiger partial charge in [-0.3, -0.25) is 0 Å². The van der Waals surface area contributed by atoms with Gasteiger partial charge in [0, 0.05) is 24.4 Å². The van der Waals surface area contributed by atoms with E-state index in [1.165, 1.54) is 0 Å². The molecule has 6 heteroatoms. The van der Waals surface area contributed by atoms with E-state index in [0.29, 0.717) is 19.1 Å². The van der Waals surface area contributed by atoms with Crippen molar-refractivity contribution in [1.82, 2.24) is 20.6 Å². The van der Waals surface area contributed by atoms with Crippen molar-refractivity contribution in [3.05, 3.63) is 53.6 Å². The summed E-state index contributed by atoms with van der Waals surface area (Å²) >= 11 is 0. The number of benzene rings is 1. The van der Waals surface area contributed by atoms with Crippen molar-refractivity contribution in [3.63, 3.8) is 0 Å². The molecule has 0 aliphatic rings. The Kier molecular flexibility index (Phi) is 9.41. The smallest absolute Gasteiger partial charge is 0.407 e. The van der Waals surface area contributed by atoms with Crippen molar-refractivity contribution in [2.45, 2.75) is 58.6 Å². The lowest BCUT2D eigenvalue weighted by molar-refractivity contribution is 0.139. The number of ether oxygens (including phenoxy) is 1. The van der Waals surface area contributed by atoms with Gasteiger partial charge in [-0.05, 0) is 31.4 Å². The third kappa shape index (κ3) is 7.83. The summed E-state index contributed by atoms with van der Waals surface area (Å²) in [4.78, 5) is 19.8. The van der Waals surface area contributed by atoms with Crippen LogP contribution in [0.3, 0.4) is 0 Å². The Morgan fingerprint density at radius 2 is 1.96 bits per heavy atom. The Morgan fingerprint density at radius 1 is 1.15 bits per heavy atom. The summed E-state index contributed by atoms with van der Waals surface area (Å²) in [7, 11) is 0. The zero-order chi connectivity index (χ0) is 19.3. The van der Waals surface area contributed by atoms with Crippen LogP contribution in [-0.2, 0) is 17.9 Å². The highest BCUT2D eigenvalue weighted by atomic mass is 16.5. The van der Waals surface area contributed by atoms with E-state index in [1.807, 2.05) is 36.5 Å². The predicted molar refractivity (Wildman–Crippen MR) is 107 cm³/mol. The van der Waals surface area contributed by atoms with Gasteiger partial charge in [-0.15, -0.1) is 0 Å². The number of H-pyrrole nitrogens is 1. The van der Waals surface area contributed by atoms with Gasteiger partial charge in [0.1, 0.15) is 12.4 Å². The van der Waals surface area contributed by atoms with Crippen LogP contribution >= 0.6 is 0 Å². The number of aromatic nitrogens is 2. The van der Waals surface area contributed by atoms with Gasteiger partial charge in [-0.1, -0.05) is 50.6 Å². The van der Waals surface area contributed by atoms with Gasteiger partial charge >= 0.3 is 6.09 Å². The number of nitrogens with zero attached hydrogens (tertiary/aromatic N) is 1. The molecule has 1 aromatic heterocycles. The summed E-state index contributed by atoms with van der Waals surface area (Å²) in [5.74, 6) is 1.33. The summed E-state index contributed by atoms with van der Waals surface area (Å²) in [6, 6.07) is 9.69. The van der Waals surface area contributed by atoms with Crippen LogP contribution in [0.5, 0.6) is 0 Å². The molecule has 0 aliphatic heterocycles. The largest absolute Gasteiger partial charge is 0.445 e. The summed E-state index contributed by atoms with van der Waals surface area (Å²) in [6.07, 6.45) is 5.67. The quantitative estimate of drug-likeness (QED) is 0.490. The molecule has 1 aromatic carbocycles. The molecule has 0 saturated heterocycles. The lowest BCUT2D eigenvalue weighted by atomic mass is 9.97. The summed E-state index contributed by atoms with van der Waals surface area (Å²) in [6.45, 7) is 6.95. The third-order valence-electron chi connectivity index (χ3n) is 4.42. The first-order valence-corrected chi connectivity index (χ1v) is 9.92. The molecular weight excluding hydrogens is 340 g/mol. The molecule has 0 spiro atoms. The molecule has 1 heterocycles. The fraction of sp³-hybridized carbons (Fsp3) is 0.524. The third-order valence-corrected chi connectivity index (χ3v) is 4.42. The molecule has 1 atom stereocenters. The Hall–Kier alpha value is -2.34. The van der Waals surface area contributed by atoms with Crippen LogP contribution in [0.4, 0.5) is 4.79 Å². The Bertz CT molecular complexity index is 657. The van der Waals surface area contributed by atoms with E-state index < -0.39 is 0 Å². The number of amides is 1. The first-order valence-electron chi connectivity index (χ1n) is 9.92. The first-order chi connectivity index (χ1) is 13.2. The number of carbonyl (C=O) groups is 1. The fourth-order valence-corrected chi connectivity index (χ4v) is 2.99. The van der Waals surface area contributed by atoms with Crippen LogP contribution in [0.15, 0.2) is 36.5 Å². The summed E-state index contributed by atoms with van der Waals surface area (Å²) in [5, 5.41) is 6.21. The number of alkyl carbamates (subject to hydrolysis) is 1. The van der Waals surface area contributed by atoms with Crippen LogP contribution in [-0.4, -0.2) is 29.2 Å². The van der Waals surface area contributed by atoms with Crippen molar-refractivity contribution in [2.24, 2.45) is 0 Å². The van der Waals surface area contributed by atoms with Gasteiger partial charge in [0.15, 0.2) is 0 Å². The fourth-order valence-electron chi connectivity index (χ4n) is 2.99. The van der Waals surface area contributed by atoms with E-state index in [-0.39, 0.29) is 6.09 Å². The van der Waals surface area contributed by atoms with Gasteiger partial charge in [-0.2, -0.15) is 0 Å². The number of hydrogen-bond acceptors (Lipinski definition) is 4. The second-order valence-electron chi connectivity index (χ2n) is 6.72. The van der Waals surface area contributed by atoms with Crippen LogP contribution in [0.25, 0.3) is 0 Å². The minimum absolute atomic E-state index is 0.291. The molecule has 0 saturated carbocycles. The van der Waals surface area contributed by atoms with Gasteiger partial charge in [0.2, 0.25) is 0 Å². The molecule has 1 unspecified atom stereocenters. The number of hydrogen-bond donors (Lipinski definition) is 3.